The van der Waals surface area contributed by atoms with Gasteiger partial charge in [0, 0.05) is 0 Å². The van der Waals surface area contributed by atoms with Crippen LogP contribution in [0.4, 0.5) is 0 Å². The molecule has 0 atom stereocenters. The van der Waals surface area contributed by atoms with Gasteiger partial charge in [-0.3, -0.25) is 0 Å². The molecule has 0 aliphatic rings. The minimum absolute atomic E-state index is 0. The molecule has 0 saturated heterocycles. The molecule has 0 unspecified atom stereocenters. The second-order valence-corrected chi connectivity index (χ2v) is 1.80. The van der Waals surface area contributed by atoms with Gasteiger partial charge in [-0.2, -0.15) is 0 Å². The second-order valence-electron chi connectivity index (χ2n) is 0.600. The van der Waals surface area contributed by atoms with Gasteiger partial charge >= 0.3 is 78.2 Å². The van der Waals surface area contributed by atoms with Gasteiger partial charge < -0.3 is 27.7 Å². The van der Waals surface area contributed by atoms with Crippen molar-refractivity contribution in [1.29, 1.82) is 0 Å². The van der Waals surface area contributed by atoms with Crippen LogP contribution in [0.1, 0.15) is 8.56 Å². The largest absolute Gasteiger partial charge is 2.00 e. The van der Waals surface area contributed by atoms with Crippen molar-refractivity contribution < 1.29 is 27.7 Å². The minimum atomic E-state index is -4.61. The van der Waals surface area contributed by atoms with E-state index in [1.807, 2.05) is 0 Å². The summed E-state index contributed by atoms with van der Waals surface area (Å²) in [4.78, 5) is 29.3. The van der Waals surface area contributed by atoms with Crippen LogP contribution in [-0.2, 0) is 0 Å². The molecule has 0 fully saturated rings. The number of rotatable bonds is 0. The predicted octanol–water partition coefficient (Wildman–Crippen LogP) is -3.08. The van der Waals surface area contributed by atoms with Crippen molar-refractivity contribution in [2.75, 3.05) is 0 Å². The first-order valence-electron chi connectivity index (χ1n) is 0.894. The summed E-state index contributed by atoms with van der Waals surface area (Å²) in [5, 5.41) is 0. The Bertz CT molecular complexity index is 40.5. The van der Waals surface area contributed by atoms with Crippen molar-refractivity contribution >= 4 is 78.2 Å². The molecule has 4 N–H and O–H groups in total. The Morgan fingerprint density at radius 2 is 0.750 bits per heavy atom. The van der Waals surface area contributed by atoms with Gasteiger partial charge in [0.25, 0.3) is 0 Å². The van der Waals surface area contributed by atoms with Gasteiger partial charge in [-0.05, 0) is 0 Å². The molecule has 4 nitrogen and oxygen atoms in total. The van der Waals surface area contributed by atoms with Gasteiger partial charge in [-0.1, -0.05) is 0 Å². The van der Waals surface area contributed by atoms with Crippen LogP contribution in [0.25, 0.3) is 0 Å². The molecule has 0 rings (SSSR count). The van der Waals surface area contributed by atoms with E-state index in [0.717, 1.165) is 0 Å². The predicted molar refractivity (Wildman–Crippen MR) is 38.6 cm³/mol. The Morgan fingerprint density at radius 1 is 0.750 bits per heavy atom. The second kappa shape index (κ2) is 9.36. The third-order valence-electron chi connectivity index (χ3n) is 0. The van der Waals surface area contributed by atoms with Gasteiger partial charge in [-0.15, -0.1) is 0 Å². The molecule has 0 spiro atoms. The Hall–Kier alpha value is 2.36. The minimum Gasteiger partial charge on any atom is -1.00 e. The summed E-state index contributed by atoms with van der Waals surface area (Å²) in [6.45, 7) is 0. The van der Waals surface area contributed by atoms with Crippen LogP contribution in [-0.4, -0.2) is 97.4 Å². The van der Waals surface area contributed by atoms with Crippen LogP contribution in [0, 0.1) is 0 Å². The van der Waals surface area contributed by atoms with E-state index in [9.17, 15) is 0 Å². The number of hydrogen-bond donors (Lipinski definition) is 4. The van der Waals surface area contributed by atoms with Crippen molar-refractivity contribution in [3.63, 3.8) is 0 Å². The van der Waals surface area contributed by atoms with Crippen LogP contribution in [0.2, 0.25) is 0 Å². The normalized spacial score (nSPS) is 7.50. The summed E-state index contributed by atoms with van der Waals surface area (Å²) < 4.78 is 0. The van der Waals surface area contributed by atoms with Crippen LogP contribution in [0.3, 0.4) is 0 Å². The quantitative estimate of drug-likeness (QED) is 0.294. The maximum atomic E-state index is 7.33. The van der Waals surface area contributed by atoms with E-state index in [1.165, 1.54) is 0 Å². The Balaban J connectivity index is -0.00000000222. The smallest absolute Gasteiger partial charge is 1.00 e. The van der Waals surface area contributed by atoms with E-state index in [4.69, 9.17) is 19.2 Å². The summed E-state index contributed by atoms with van der Waals surface area (Å²) in [7, 11) is -4.61. The summed E-state index contributed by atoms with van der Waals surface area (Å²) in [5.74, 6) is 0. The van der Waals surface area contributed by atoms with E-state index in [0.29, 0.717) is 0 Å². The van der Waals surface area contributed by atoms with Gasteiger partial charge in [0.2, 0.25) is 0 Å². The average Bonchev–Trinajstić information content (AvgIpc) is 0.722. The topological polar surface area (TPSA) is 80.9 Å². The zero-order valence-electron chi connectivity index (χ0n) is 10.4. The van der Waals surface area contributed by atoms with Crippen molar-refractivity contribution in [2.45, 2.75) is 0 Å². The average molecular weight is 175 g/mol. The Morgan fingerprint density at radius 3 is 0.750 bits per heavy atom. The molecular formula is H10Mg3O4Si. The van der Waals surface area contributed by atoms with Gasteiger partial charge in [-0.25, -0.2) is 0 Å². The fraction of sp³-hybridized carbons (Fsp3) is 0. The first-order chi connectivity index (χ1) is 2.00. The summed E-state index contributed by atoms with van der Waals surface area (Å²) in [6, 6.07) is 0. The van der Waals surface area contributed by atoms with Crippen LogP contribution >= 0.6 is 0 Å². The molecule has 0 bridgehead atoms. The van der Waals surface area contributed by atoms with E-state index < -0.39 is 9.05 Å². The molecule has 0 aromatic heterocycles. The molecule has 0 aliphatic carbocycles. The third kappa shape index (κ3) is 81.5. The molecule has 44 valence electrons. The summed E-state index contributed by atoms with van der Waals surface area (Å²) in [5.41, 5.74) is 0. The van der Waals surface area contributed by atoms with Crippen LogP contribution in [0.15, 0.2) is 0 Å². The fourth-order valence-corrected chi connectivity index (χ4v) is 0. The maximum absolute atomic E-state index is 7.33. The van der Waals surface area contributed by atoms with Crippen molar-refractivity contribution in [3.8, 4) is 0 Å². The van der Waals surface area contributed by atoms with Gasteiger partial charge in [0.15, 0.2) is 0 Å². The van der Waals surface area contributed by atoms with E-state index in [-0.39, 0.29) is 77.7 Å². The molecule has 8 heavy (non-hydrogen) atoms. The molecule has 0 heterocycles. The molecule has 0 aromatic rings. The van der Waals surface area contributed by atoms with E-state index in [2.05, 4.69) is 0 Å². The fourth-order valence-electron chi connectivity index (χ4n) is 0. The summed E-state index contributed by atoms with van der Waals surface area (Å²) in [6.07, 6.45) is 0. The molecular weight excluding hydrogens is 165 g/mol. The van der Waals surface area contributed by atoms with Crippen molar-refractivity contribution in [3.05, 3.63) is 0 Å². The third-order valence-corrected chi connectivity index (χ3v) is 0. The standard InChI is InChI=1S/3Mg.H4O4Si.6H/c;;;1-5(2,3)4;;;;;;/h;;;1-4H;;;;;;/q3*+2;;6*-1. The first-order valence-corrected chi connectivity index (χ1v) is 2.68. The Kier molecular flexibility index (Phi) is 26.2. The van der Waals surface area contributed by atoms with E-state index >= 15 is 0 Å². The monoisotopic (exact) mass is 174 g/mol. The van der Waals surface area contributed by atoms with Crippen LogP contribution < -0.4 is 0 Å². The van der Waals surface area contributed by atoms with Crippen LogP contribution in [0.5, 0.6) is 0 Å². The number of hydrogen-bond acceptors (Lipinski definition) is 4. The molecule has 0 saturated carbocycles. The molecule has 0 aromatic carbocycles. The van der Waals surface area contributed by atoms with E-state index in [1.54, 1.807) is 0 Å². The maximum Gasteiger partial charge on any atom is 2.00 e. The molecule has 8 heteroatoms. The van der Waals surface area contributed by atoms with Gasteiger partial charge in [0.1, 0.15) is 0 Å². The van der Waals surface area contributed by atoms with Crippen molar-refractivity contribution in [2.24, 2.45) is 0 Å². The molecule has 0 radical (unpaired) electrons. The zero-order valence-corrected chi connectivity index (χ0v) is 9.65. The first kappa shape index (κ1) is 22.4. The zero-order chi connectivity index (χ0) is 4.50. The summed E-state index contributed by atoms with van der Waals surface area (Å²) >= 11 is 0. The van der Waals surface area contributed by atoms with Gasteiger partial charge in [0.05, 0.1) is 0 Å². The molecule has 0 amide bonds. The molecule has 0 aliphatic heterocycles. The van der Waals surface area contributed by atoms with Crippen molar-refractivity contribution in [1.82, 2.24) is 0 Å². The SMILES string of the molecule is O[Si](O)(O)O.[H-].[H-].[H-].[H-].[H-].[H-].[Mg+2].[Mg+2].[Mg+2]. The Labute approximate surface area is 105 Å².